The first-order valence-corrected chi connectivity index (χ1v) is 9.31. The lowest BCUT2D eigenvalue weighted by Gasteiger charge is -2.22. The number of benzene rings is 2. The van der Waals surface area contributed by atoms with Gasteiger partial charge in [0.25, 0.3) is 0 Å². The Morgan fingerprint density at radius 2 is 1.71 bits per heavy atom. The van der Waals surface area contributed by atoms with Gasteiger partial charge in [0.05, 0.1) is 5.75 Å². The van der Waals surface area contributed by atoms with Crippen LogP contribution in [0.3, 0.4) is 0 Å². The fraction of sp³-hybridized carbons (Fsp3) is 0.222. The molecule has 0 bridgehead atoms. The summed E-state index contributed by atoms with van der Waals surface area (Å²) in [7, 11) is 0. The normalized spacial score (nSPS) is 10.4. The quantitative estimate of drug-likeness (QED) is 0.682. The molecule has 2 rings (SSSR count). The maximum Gasteiger partial charge on any atom is 0.233 e. The van der Waals surface area contributed by atoms with E-state index in [0.29, 0.717) is 18.8 Å². The minimum absolute atomic E-state index is 0.0131. The summed E-state index contributed by atoms with van der Waals surface area (Å²) in [5.41, 5.74) is 6.26. The van der Waals surface area contributed by atoms with Gasteiger partial charge in [-0.2, -0.15) is 0 Å². The standard InChI is InChI=1S/C18H19BrN2O2S/c19-15-8-4-5-9-16(15)24-13-18(23)21(11-10-17(20)22)12-14-6-2-1-3-7-14/h1-9H,10-13H2,(H2,20,22). The van der Waals surface area contributed by atoms with E-state index in [1.54, 1.807) is 4.90 Å². The van der Waals surface area contributed by atoms with Gasteiger partial charge in [0.2, 0.25) is 11.8 Å². The van der Waals surface area contributed by atoms with Crippen molar-refractivity contribution in [1.29, 1.82) is 0 Å². The number of rotatable bonds is 8. The van der Waals surface area contributed by atoms with E-state index in [-0.39, 0.29) is 12.3 Å². The lowest BCUT2D eigenvalue weighted by Crippen LogP contribution is -2.34. The summed E-state index contributed by atoms with van der Waals surface area (Å²) in [6.07, 6.45) is 0.165. The van der Waals surface area contributed by atoms with Crippen LogP contribution in [0.2, 0.25) is 0 Å². The SMILES string of the molecule is NC(=O)CCN(Cc1ccccc1)C(=O)CSc1ccccc1Br. The van der Waals surface area contributed by atoms with Gasteiger partial charge in [-0.3, -0.25) is 9.59 Å². The van der Waals surface area contributed by atoms with Crippen molar-refractivity contribution in [2.75, 3.05) is 12.3 Å². The molecule has 0 aliphatic carbocycles. The number of carbonyl (C=O) groups excluding carboxylic acids is 2. The van der Waals surface area contributed by atoms with Crippen LogP contribution in [0, 0.1) is 0 Å². The van der Waals surface area contributed by atoms with E-state index in [9.17, 15) is 9.59 Å². The smallest absolute Gasteiger partial charge is 0.233 e. The summed E-state index contributed by atoms with van der Waals surface area (Å²) in [4.78, 5) is 26.4. The molecule has 0 aliphatic rings. The van der Waals surface area contributed by atoms with Crippen molar-refractivity contribution < 1.29 is 9.59 Å². The Kier molecular flexibility index (Phi) is 7.34. The zero-order valence-electron chi connectivity index (χ0n) is 13.2. The average Bonchev–Trinajstić information content (AvgIpc) is 2.58. The summed E-state index contributed by atoms with van der Waals surface area (Å²) in [5.74, 6) is -0.103. The molecule has 0 saturated heterocycles. The number of carbonyl (C=O) groups is 2. The molecule has 2 aromatic rings. The van der Waals surface area contributed by atoms with Crippen LogP contribution in [0.1, 0.15) is 12.0 Å². The highest BCUT2D eigenvalue weighted by Gasteiger charge is 2.15. The molecule has 0 heterocycles. The fourth-order valence-electron chi connectivity index (χ4n) is 2.13. The molecule has 0 fully saturated rings. The van der Waals surface area contributed by atoms with Crippen molar-refractivity contribution in [2.45, 2.75) is 17.9 Å². The van der Waals surface area contributed by atoms with Gasteiger partial charge in [-0.15, -0.1) is 11.8 Å². The summed E-state index contributed by atoms with van der Waals surface area (Å²) >= 11 is 4.95. The number of nitrogens with zero attached hydrogens (tertiary/aromatic N) is 1. The second kappa shape index (κ2) is 9.49. The molecule has 0 aromatic heterocycles. The Hall–Kier alpha value is -1.79. The monoisotopic (exact) mass is 406 g/mol. The molecule has 2 amide bonds. The summed E-state index contributed by atoms with van der Waals surface area (Å²) in [5, 5.41) is 0. The number of hydrogen-bond donors (Lipinski definition) is 1. The molecule has 0 saturated carbocycles. The highest BCUT2D eigenvalue weighted by Crippen LogP contribution is 2.27. The van der Waals surface area contributed by atoms with Gasteiger partial charge >= 0.3 is 0 Å². The van der Waals surface area contributed by atoms with E-state index in [2.05, 4.69) is 15.9 Å². The third kappa shape index (κ3) is 6.02. The predicted octanol–water partition coefficient (Wildman–Crippen LogP) is 3.45. The predicted molar refractivity (Wildman–Crippen MR) is 101 cm³/mol. The molecular weight excluding hydrogens is 388 g/mol. The number of primary amides is 1. The topological polar surface area (TPSA) is 63.4 Å². The lowest BCUT2D eigenvalue weighted by atomic mass is 10.2. The van der Waals surface area contributed by atoms with Crippen molar-refractivity contribution in [1.82, 2.24) is 4.90 Å². The van der Waals surface area contributed by atoms with Crippen LogP contribution >= 0.6 is 27.7 Å². The Bertz CT molecular complexity index is 694. The number of amides is 2. The highest BCUT2D eigenvalue weighted by molar-refractivity contribution is 9.10. The Balaban J connectivity index is 2.00. The second-order valence-electron chi connectivity index (χ2n) is 5.24. The molecule has 2 N–H and O–H groups in total. The Morgan fingerprint density at radius 1 is 1.04 bits per heavy atom. The minimum atomic E-state index is -0.403. The van der Waals surface area contributed by atoms with Crippen molar-refractivity contribution in [2.24, 2.45) is 5.73 Å². The summed E-state index contributed by atoms with van der Waals surface area (Å²) < 4.78 is 0.967. The van der Waals surface area contributed by atoms with Crippen molar-refractivity contribution in [3.05, 3.63) is 64.6 Å². The number of hydrogen-bond acceptors (Lipinski definition) is 3. The molecule has 0 atom stereocenters. The maximum atomic E-state index is 12.6. The second-order valence-corrected chi connectivity index (χ2v) is 7.11. The molecular formula is C18H19BrN2O2S. The van der Waals surface area contributed by atoms with Crippen LogP contribution in [0.25, 0.3) is 0 Å². The van der Waals surface area contributed by atoms with E-state index in [1.165, 1.54) is 11.8 Å². The first-order valence-electron chi connectivity index (χ1n) is 7.53. The molecule has 6 heteroatoms. The fourth-order valence-corrected chi connectivity index (χ4v) is 3.60. The zero-order chi connectivity index (χ0) is 17.4. The molecule has 0 spiro atoms. The third-order valence-corrected chi connectivity index (χ3v) is 5.40. The molecule has 4 nitrogen and oxygen atoms in total. The molecule has 0 unspecified atom stereocenters. The van der Waals surface area contributed by atoms with E-state index in [0.717, 1.165) is 14.9 Å². The highest BCUT2D eigenvalue weighted by atomic mass is 79.9. The van der Waals surface area contributed by atoms with Crippen molar-refractivity contribution >= 4 is 39.5 Å². The largest absolute Gasteiger partial charge is 0.370 e. The van der Waals surface area contributed by atoms with Crippen LogP contribution in [-0.2, 0) is 16.1 Å². The van der Waals surface area contributed by atoms with Crippen LogP contribution in [0.5, 0.6) is 0 Å². The van der Waals surface area contributed by atoms with Gasteiger partial charge in [-0.1, -0.05) is 42.5 Å². The van der Waals surface area contributed by atoms with Crippen LogP contribution < -0.4 is 5.73 Å². The average molecular weight is 407 g/mol. The van der Waals surface area contributed by atoms with Crippen molar-refractivity contribution in [3.63, 3.8) is 0 Å². The third-order valence-electron chi connectivity index (χ3n) is 3.38. The van der Waals surface area contributed by atoms with Gasteiger partial charge in [-0.05, 0) is 33.6 Å². The van der Waals surface area contributed by atoms with E-state index in [4.69, 9.17) is 5.73 Å². The first kappa shape index (κ1) is 18.5. The van der Waals surface area contributed by atoms with Crippen LogP contribution in [-0.4, -0.2) is 29.0 Å². The first-order chi connectivity index (χ1) is 11.6. The maximum absolute atomic E-state index is 12.6. The summed E-state index contributed by atoms with van der Waals surface area (Å²) in [6.45, 7) is 0.809. The lowest BCUT2D eigenvalue weighted by molar-refractivity contribution is -0.129. The number of thioether (sulfide) groups is 1. The molecule has 2 aromatic carbocycles. The molecule has 0 aliphatic heterocycles. The van der Waals surface area contributed by atoms with Gasteiger partial charge < -0.3 is 10.6 Å². The molecule has 24 heavy (non-hydrogen) atoms. The van der Waals surface area contributed by atoms with E-state index >= 15 is 0 Å². The number of halogens is 1. The van der Waals surface area contributed by atoms with Crippen molar-refractivity contribution in [3.8, 4) is 0 Å². The summed E-state index contributed by atoms with van der Waals surface area (Å²) in [6, 6.07) is 17.5. The van der Waals surface area contributed by atoms with E-state index < -0.39 is 5.91 Å². The molecule has 0 radical (unpaired) electrons. The van der Waals surface area contributed by atoms with Gasteiger partial charge in [0, 0.05) is 28.9 Å². The van der Waals surface area contributed by atoms with Gasteiger partial charge in [-0.25, -0.2) is 0 Å². The van der Waals surface area contributed by atoms with Crippen LogP contribution in [0.15, 0.2) is 64.0 Å². The van der Waals surface area contributed by atoms with E-state index in [1.807, 2.05) is 54.6 Å². The van der Waals surface area contributed by atoms with Gasteiger partial charge in [0.1, 0.15) is 0 Å². The molecule has 126 valence electrons. The van der Waals surface area contributed by atoms with Gasteiger partial charge in [0.15, 0.2) is 0 Å². The zero-order valence-corrected chi connectivity index (χ0v) is 15.6. The van der Waals surface area contributed by atoms with Crippen LogP contribution in [0.4, 0.5) is 0 Å². The number of nitrogens with two attached hydrogens (primary N) is 1. The Morgan fingerprint density at radius 3 is 2.38 bits per heavy atom. The minimum Gasteiger partial charge on any atom is -0.370 e. The Labute approximate surface area is 154 Å².